The zero-order chi connectivity index (χ0) is 21.2. The van der Waals surface area contributed by atoms with Crippen LogP contribution in [0, 0.1) is 0 Å². The van der Waals surface area contributed by atoms with Crippen molar-refractivity contribution >= 4 is 28.1 Å². The highest BCUT2D eigenvalue weighted by molar-refractivity contribution is 9.10. The summed E-state index contributed by atoms with van der Waals surface area (Å²) in [7, 11) is 0. The Bertz CT molecular complexity index is 1040. The van der Waals surface area contributed by atoms with Crippen molar-refractivity contribution in [2.45, 2.75) is 6.61 Å². The predicted octanol–water partition coefficient (Wildman–Crippen LogP) is 5.36. The second-order valence-corrected chi connectivity index (χ2v) is 7.17. The van der Waals surface area contributed by atoms with Crippen molar-refractivity contribution < 1.29 is 14.3 Å². The summed E-state index contributed by atoms with van der Waals surface area (Å²) in [5.41, 5.74) is 4.74. The van der Waals surface area contributed by atoms with Crippen LogP contribution in [0.1, 0.15) is 21.5 Å². The lowest BCUT2D eigenvalue weighted by atomic mass is 10.2. The molecule has 0 radical (unpaired) electrons. The Kier molecular flexibility index (Phi) is 7.80. The highest BCUT2D eigenvalue weighted by Crippen LogP contribution is 2.23. The number of para-hydroxylation sites is 1. The lowest BCUT2D eigenvalue weighted by molar-refractivity contribution is 0.0951. The molecule has 1 N–H and O–H groups in total. The van der Waals surface area contributed by atoms with Crippen LogP contribution in [0.25, 0.3) is 0 Å². The molecule has 0 unspecified atom stereocenters. The van der Waals surface area contributed by atoms with Crippen LogP contribution in [0.4, 0.5) is 0 Å². The third-order valence-corrected chi connectivity index (χ3v) is 4.56. The van der Waals surface area contributed by atoms with Crippen LogP contribution >= 0.6 is 15.9 Å². The van der Waals surface area contributed by atoms with E-state index in [4.69, 9.17) is 9.47 Å². The maximum atomic E-state index is 12.6. The highest BCUT2D eigenvalue weighted by Gasteiger charge is 2.13. The average molecular weight is 465 g/mol. The Morgan fingerprint density at radius 3 is 2.57 bits per heavy atom. The Labute approximate surface area is 184 Å². The maximum Gasteiger partial charge on any atom is 0.275 e. The molecule has 5 nitrogen and oxygen atoms in total. The number of carbonyl (C=O) groups excluding carboxylic acids is 1. The first-order chi connectivity index (χ1) is 14.7. The lowest BCUT2D eigenvalue weighted by Gasteiger charge is -2.10. The molecule has 0 aliphatic rings. The Balaban J connectivity index is 1.68. The molecule has 0 spiro atoms. The molecule has 3 rings (SSSR count). The van der Waals surface area contributed by atoms with Gasteiger partial charge in [0.1, 0.15) is 24.7 Å². The third-order valence-electron chi connectivity index (χ3n) is 4.07. The number of ether oxygens (including phenoxy) is 2. The fraction of sp³-hybridized carbons (Fsp3) is 0.0833. The van der Waals surface area contributed by atoms with Crippen LogP contribution in [-0.2, 0) is 6.61 Å². The first-order valence-electron chi connectivity index (χ1n) is 9.30. The van der Waals surface area contributed by atoms with Crippen molar-refractivity contribution in [2.24, 2.45) is 5.10 Å². The van der Waals surface area contributed by atoms with Gasteiger partial charge in [0.05, 0.1) is 11.8 Å². The SMILES string of the molecule is C=CCOc1ccc(Br)cc1C(=O)N/N=C/c1ccccc1OCc1ccccc1. The summed E-state index contributed by atoms with van der Waals surface area (Å²) in [5, 5.41) is 4.09. The van der Waals surface area contributed by atoms with Gasteiger partial charge in [0, 0.05) is 10.0 Å². The molecular weight excluding hydrogens is 444 g/mol. The number of nitrogens with zero attached hydrogens (tertiary/aromatic N) is 1. The molecule has 3 aromatic rings. The van der Waals surface area contributed by atoms with E-state index in [0.29, 0.717) is 30.3 Å². The van der Waals surface area contributed by atoms with Gasteiger partial charge in [-0.2, -0.15) is 5.10 Å². The molecule has 0 heterocycles. The molecule has 0 aliphatic heterocycles. The van der Waals surface area contributed by atoms with Gasteiger partial charge in [-0.3, -0.25) is 4.79 Å². The van der Waals surface area contributed by atoms with Gasteiger partial charge in [-0.25, -0.2) is 5.43 Å². The molecule has 0 bridgehead atoms. The fourth-order valence-corrected chi connectivity index (χ4v) is 2.99. The first-order valence-corrected chi connectivity index (χ1v) is 10.1. The second kappa shape index (κ2) is 11.0. The number of halogens is 1. The zero-order valence-electron chi connectivity index (χ0n) is 16.3. The van der Waals surface area contributed by atoms with Crippen LogP contribution in [0.15, 0.2) is 95.0 Å². The van der Waals surface area contributed by atoms with E-state index >= 15 is 0 Å². The summed E-state index contributed by atoms with van der Waals surface area (Å²) in [5.74, 6) is 0.753. The second-order valence-electron chi connectivity index (χ2n) is 6.25. The number of amides is 1. The van der Waals surface area contributed by atoms with Gasteiger partial charge < -0.3 is 9.47 Å². The Morgan fingerprint density at radius 2 is 1.77 bits per heavy atom. The molecule has 0 atom stereocenters. The highest BCUT2D eigenvalue weighted by atomic mass is 79.9. The molecule has 30 heavy (non-hydrogen) atoms. The smallest absolute Gasteiger partial charge is 0.275 e. The quantitative estimate of drug-likeness (QED) is 0.263. The number of hydrogen-bond acceptors (Lipinski definition) is 4. The Morgan fingerprint density at radius 1 is 1.00 bits per heavy atom. The molecule has 0 fully saturated rings. The van der Waals surface area contributed by atoms with E-state index in [0.717, 1.165) is 15.6 Å². The average Bonchev–Trinajstić information content (AvgIpc) is 2.78. The topological polar surface area (TPSA) is 59.9 Å². The molecule has 0 saturated heterocycles. The van der Waals surface area contributed by atoms with E-state index in [9.17, 15) is 4.79 Å². The van der Waals surface area contributed by atoms with Crippen molar-refractivity contribution in [3.63, 3.8) is 0 Å². The van der Waals surface area contributed by atoms with Crippen molar-refractivity contribution in [3.8, 4) is 11.5 Å². The number of nitrogens with one attached hydrogen (secondary N) is 1. The van der Waals surface area contributed by atoms with Gasteiger partial charge in [-0.15, -0.1) is 0 Å². The van der Waals surface area contributed by atoms with Crippen molar-refractivity contribution in [2.75, 3.05) is 6.61 Å². The molecule has 0 saturated carbocycles. The third kappa shape index (κ3) is 6.06. The van der Waals surface area contributed by atoms with Gasteiger partial charge in [0.2, 0.25) is 0 Å². The van der Waals surface area contributed by atoms with Crippen LogP contribution in [0.2, 0.25) is 0 Å². The maximum absolute atomic E-state index is 12.6. The number of rotatable bonds is 9. The summed E-state index contributed by atoms with van der Waals surface area (Å²) in [6, 6.07) is 22.6. The van der Waals surface area contributed by atoms with E-state index in [1.807, 2.05) is 54.6 Å². The van der Waals surface area contributed by atoms with Gasteiger partial charge in [-0.05, 0) is 35.9 Å². The van der Waals surface area contributed by atoms with Gasteiger partial charge >= 0.3 is 0 Å². The minimum absolute atomic E-state index is 0.303. The van der Waals surface area contributed by atoms with Crippen LogP contribution < -0.4 is 14.9 Å². The molecular formula is C24H21BrN2O3. The lowest BCUT2D eigenvalue weighted by Crippen LogP contribution is -2.19. The summed E-state index contributed by atoms with van der Waals surface area (Å²) < 4.78 is 12.2. The van der Waals surface area contributed by atoms with E-state index in [2.05, 4.69) is 33.0 Å². The van der Waals surface area contributed by atoms with Crippen molar-refractivity contribution in [1.82, 2.24) is 5.43 Å². The van der Waals surface area contributed by atoms with Crippen LogP contribution in [0.5, 0.6) is 11.5 Å². The van der Waals surface area contributed by atoms with Gasteiger partial charge in [-0.1, -0.05) is 71.0 Å². The van der Waals surface area contributed by atoms with E-state index in [1.54, 1.807) is 30.5 Å². The van der Waals surface area contributed by atoms with E-state index in [1.165, 1.54) is 0 Å². The predicted molar refractivity (Wildman–Crippen MR) is 122 cm³/mol. The summed E-state index contributed by atoms with van der Waals surface area (Å²) in [4.78, 5) is 12.6. The van der Waals surface area contributed by atoms with E-state index < -0.39 is 0 Å². The number of benzene rings is 3. The van der Waals surface area contributed by atoms with E-state index in [-0.39, 0.29) is 5.91 Å². The normalized spacial score (nSPS) is 10.6. The minimum atomic E-state index is -0.380. The first kappa shape index (κ1) is 21.3. The summed E-state index contributed by atoms with van der Waals surface area (Å²) >= 11 is 3.37. The Hall–Kier alpha value is -3.38. The molecule has 0 aromatic heterocycles. The molecule has 3 aromatic carbocycles. The fourth-order valence-electron chi connectivity index (χ4n) is 2.63. The number of hydrazone groups is 1. The standard InChI is InChI=1S/C24H21BrN2O3/c1-2-14-29-23-13-12-20(25)15-21(23)24(28)27-26-16-19-10-6-7-11-22(19)30-17-18-8-4-3-5-9-18/h2-13,15-16H,1,14,17H2,(H,27,28)/b26-16+. The monoisotopic (exact) mass is 464 g/mol. The molecule has 6 heteroatoms. The largest absolute Gasteiger partial charge is 0.489 e. The van der Waals surface area contributed by atoms with Crippen molar-refractivity contribution in [3.05, 3.63) is 107 Å². The van der Waals surface area contributed by atoms with Gasteiger partial charge in [0.25, 0.3) is 5.91 Å². The summed E-state index contributed by atoms with van der Waals surface area (Å²) in [6.07, 6.45) is 3.18. The number of carbonyl (C=O) groups is 1. The van der Waals surface area contributed by atoms with Crippen molar-refractivity contribution in [1.29, 1.82) is 0 Å². The summed E-state index contributed by atoms with van der Waals surface area (Å²) in [6.45, 7) is 4.37. The molecule has 152 valence electrons. The van der Waals surface area contributed by atoms with Crippen LogP contribution in [0.3, 0.4) is 0 Å². The van der Waals surface area contributed by atoms with Crippen LogP contribution in [-0.4, -0.2) is 18.7 Å². The zero-order valence-corrected chi connectivity index (χ0v) is 17.8. The molecule has 0 aliphatic carbocycles. The number of hydrogen-bond donors (Lipinski definition) is 1. The molecule has 1 amide bonds. The minimum Gasteiger partial charge on any atom is -0.489 e. The van der Waals surface area contributed by atoms with Gasteiger partial charge in [0.15, 0.2) is 0 Å².